The summed E-state index contributed by atoms with van der Waals surface area (Å²) in [5.74, 6) is 0. The smallest absolute Gasteiger partial charge is 0.106 e. The molecule has 0 unspecified atom stereocenters. The minimum absolute atomic E-state index is 0.437. The van der Waals surface area contributed by atoms with Crippen LogP contribution in [-0.4, -0.2) is 106 Å². The Morgan fingerprint density at radius 2 is 0.487 bits per heavy atom. The molecular formula is C30H62O9. The maximum atomic E-state index is 5.58. The van der Waals surface area contributed by atoms with E-state index in [0.29, 0.717) is 99.1 Å². The molecule has 0 N–H and O–H groups in total. The van der Waals surface area contributed by atoms with Crippen LogP contribution >= 0.6 is 0 Å². The fraction of sp³-hybridized carbons (Fsp3) is 1.00. The number of hydrogen-bond donors (Lipinski definition) is 0. The van der Waals surface area contributed by atoms with Gasteiger partial charge >= 0.3 is 0 Å². The molecule has 0 radical (unpaired) electrons. The van der Waals surface area contributed by atoms with Crippen molar-refractivity contribution in [2.45, 2.75) is 90.9 Å². The molecule has 0 aromatic carbocycles. The second-order valence-corrected chi connectivity index (χ2v) is 9.47. The van der Waals surface area contributed by atoms with Gasteiger partial charge in [0.2, 0.25) is 0 Å². The maximum absolute atomic E-state index is 5.58. The first-order valence-electron chi connectivity index (χ1n) is 15.7. The lowest BCUT2D eigenvalue weighted by atomic mass is 10.1. The summed E-state index contributed by atoms with van der Waals surface area (Å²) in [6, 6.07) is 0. The lowest BCUT2D eigenvalue weighted by molar-refractivity contribution is -0.299. The van der Waals surface area contributed by atoms with E-state index >= 15 is 0 Å². The van der Waals surface area contributed by atoms with Crippen LogP contribution in [0.4, 0.5) is 0 Å². The van der Waals surface area contributed by atoms with Gasteiger partial charge in [0.1, 0.15) is 6.61 Å². The molecule has 0 aliphatic carbocycles. The molecule has 0 heterocycles. The van der Waals surface area contributed by atoms with Crippen LogP contribution in [0.2, 0.25) is 0 Å². The van der Waals surface area contributed by atoms with E-state index in [9.17, 15) is 0 Å². The summed E-state index contributed by atoms with van der Waals surface area (Å²) in [6.45, 7) is 13.6. The van der Waals surface area contributed by atoms with Gasteiger partial charge in [0.15, 0.2) is 0 Å². The van der Waals surface area contributed by atoms with Gasteiger partial charge in [-0.1, -0.05) is 78.1 Å². The summed E-state index contributed by atoms with van der Waals surface area (Å²) in [5.41, 5.74) is 0. The number of hydrogen-bond acceptors (Lipinski definition) is 9. The van der Waals surface area contributed by atoms with Crippen molar-refractivity contribution < 1.29 is 42.9 Å². The van der Waals surface area contributed by atoms with Gasteiger partial charge in [0.05, 0.1) is 92.5 Å². The first-order chi connectivity index (χ1) is 19.4. The van der Waals surface area contributed by atoms with Crippen molar-refractivity contribution in [1.29, 1.82) is 0 Å². The molecule has 39 heavy (non-hydrogen) atoms. The highest BCUT2D eigenvalue weighted by Gasteiger charge is 1.96. The van der Waals surface area contributed by atoms with Crippen molar-refractivity contribution in [3.05, 3.63) is 0 Å². The van der Waals surface area contributed by atoms with Gasteiger partial charge < -0.3 is 33.2 Å². The average molecular weight is 567 g/mol. The van der Waals surface area contributed by atoms with Crippen LogP contribution in [0.15, 0.2) is 0 Å². The van der Waals surface area contributed by atoms with Crippen molar-refractivity contribution in [3.63, 3.8) is 0 Å². The topological polar surface area (TPSA) is 83.1 Å². The Labute approximate surface area is 239 Å². The monoisotopic (exact) mass is 566 g/mol. The van der Waals surface area contributed by atoms with Crippen LogP contribution in [0, 0.1) is 0 Å². The van der Waals surface area contributed by atoms with E-state index in [1.165, 1.54) is 64.2 Å². The van der Waals surface area contributed by atoms with Crippen LogP contribution in [0.25, 0.3) is 0 Å². The van der Waals surface area contributed by atoms with Gasteiger partial charge in [-0.15, -0.1) is 0 Å². The molecule has 0 saturated carbocycles. The molecule has 0 aromatic rings. The SMILES string of the molecule is CCCCCCCCOCCOCCOCCOCCOCCOCCOCCOOCCCCCCCC. The van der Waals surface area contributed by atoms with E-state index in [0.717, 1.165) is 19.4 Å². The average Bonchev–Trinajstić information content (AvgIpc) is 2.95. The predicted molar refractivity (Wildman–Crippen MR) is 154 cm³/mol. The van der Waals surface area contributed by atoms with Crippen molar-refractivity contribution in [3.8, 4) is 0 Å². The zero-order valence-corrected chi connectivity index (χ0v) is 25.5. The van der Waals surface area contributed by atoms with Crippen molar-refractivity contribution in [2.75, 3.05) is 106 Å². The van der Waals surface area contributed by atoms with E-state index in [1.54, 1.807) is 0 Å². The van der Waals surface area contributed by atoms with E-state index < -0.39 is 0 Å². The zero-order valence-electron chi connectivity index (χ0n) is 25.5. The Morgan fingerprint density at radius 3 is 0.872 bits per heavy atom. The van der Waals surface area contributed by atoms with Gasteiger partial charge in [-0.25, -0.2) is 9.78 Å². The third-order valence-corrected chi connectivity index (χ3v) is 5.85. The zero-order chi connectivity index (χ0) is 28.2. The Bertz CT molecular complexity index is 380. The normalized spacial score (nSPS) is 11.5. The lowest BCUT2D eigenvalue weighted by Crippen LogP contribution is -2.15. The van der Waals surface area contributed by atoms with Gasteiger partial charge in [-0.3, -0.25) is 0 Å². The van der Waals surface area contributed by atoms with Crippen LogP contribution in [0.5, 0.6) is 0 Å². The molecule has 0 spiro atoms. The summed E-state index contributed by atoms with van der Waals surface area (Å²) in [6.07, 6.45) is 15.2. The second kappa shape index (κ2) is 37.6. The van der Waals surface area contributed by atoms with E-state index in [4.69, 9.17) is 42.9 Å². The molecule has 0 bridgehead atoms. The molecule has 0 atom stereocenters. The molecule has 0 aliphatic rings. The molecule has 0 rings (SSSR count). The number of ether oxygens (including phenoxy) is 7. The van der Waals surface area contributed by atoms with Crippen molar-refractivity contribution in [1.82, 2.24) is 0 Å². The Hall–Kier alpha value is -0.360. The molecule has 9 nitrogen and oxygen atoms in total. The first-order valence-corrected chi connectivity index (χ1v) is 15.7. The molecule has 0 aromatic heterocycles. The van der Waals surface area contributed by atoms with Crippen LogP contribution in [0.1, 0.15) is 90.9 Å². The maximum Gasteiger partial charge on any atom is 0.106 e. The second-order valence-electron chi connectivity index (χ2n) is 9.47. The summed E-state index contributed by atoms with van der Waals surface area (Å²) >= 11 is 0. The predicted octanol–water partition coefficient (Wildman–Crippen LogP) is 5.77. The standard InChI is InChI=1S/C30H62O9/c1-3-5-7-9-11-13-15-31-17-18-32-19-20-33-21-22-34-23-24-35-25-26-36-27-28-37-29-30-39-38-16-14-12-10-8-6-4-2/h3-30H2,1-2H3. The highest BCUT2D eigenvalue weighted by Crippen LogP contribution is 2.05. The molecule has 0 saturated heterocycles. The van der Waals surface area contributed by atoms with E-state index in [-0.39, 0.29) is 0 Å². The minimum atomic E-state index is 0.437. The number of unbranched alkanes of at least 4 members (excludes halogenated alkanes) is 10. The first kappa shape index (κ1) is 38.6. The third kappa shape index (κ3) is 37.6. The van der Waals surface area contributed by atoms with E-state index in [2.05, 4.69) is 13.8 Å². The molecule has 9 heteroatoms. The summed E-state index contributed by atoms with van der Waals surface area (Å²) < 4.78 is 38.5. The Kier molecular flexibility index (Phi) is 37.3. The van der Waals surface area contributed by atoms with Gasteiger partial charge in [0, 0.05) is 6.61 Å². The fourth-order valence-corrected chi connectivity index (χ4v) is 3.56. The molecular weight excluding hydrogens is 504 g/mol. The van der Waals surface area contributed by atoms with Crippen molar-refractivity contribution in [2.24, 2.45) is 0 Å². The highest BCUT2D eigenvalue weighted by molar-refractivity contribution is 4.44. The van der Waals surface area contributed by atoms with Gasteiger partial charge in [-0.05, 0) is 12.8 Å². The molecule has 0 aliphatic heterocycles. The van der Waals surface area contributed by atoms with Gasteiger partial charge in [0.25, 0.3) is 0 Å². The Morgan fingerprint density at radius 1 is 0.231 bits per heavy atom. The van der Waals surface area contributed by atoms with Crippen LogP contribution in [0.3, 0.4) is 0 Å². The fourth-order valence-electron chi connectivity index (χ4n) is 3.56. The number of rotatable bonds is 36. The van der Waals surface area contributed by atoms with Crippen LogP contribution < -0.4 is 0 Å². The largest absolute Gasteiger partial charge is 0.379 e. The molecule has 0 fully saturated rings. The summed E-state index contributed by atoms with van der Waals surface area (Å²) in [4.78, 5) is 10.2. The third-order valence-electron chi connectivity index (χ3n) is 5.85. The van der Waals surface area contributed by atoms with Crippen molar-refractivity contribution >= 4 is 0 Å². The summed E-state index contributed by atoms with van der Waals surface area (Å²) in [5, 5.41) is 0. The van der Waals surface area contributed by atoms with Gasteiger partial charge in [-0.2, -0.15) is 0 Å². The molecule has 0 amide bonds. The molecule has 236 valence electrons. The Balaban J connectivity index is 3.01. The summed E-state index contributed by atoms with van der Waals surface area (Å²) in [7, 11) is 0. The highest BCUT2D eigenvalue weighted by atomic mass is 17.2. The van der Waals surface area contributed by atoms with Crippen LogP contribution in [-0.2, 0) is 42.9 Å². The van der Waals surface area contributed by atoms with E-state index in [1.807, 2.05) is 0 Å². The quantitative estimate of drug-likeness (QED) is 0.0533. The minimum Gasteiger partial charge on any atom is -0.379 e. The lowest BCUT2D eigenvalue weighted by Gasteiger charge is -2.08.